The lowest BCUT2D eigenvalue weighted by Gasteiger charge is -2.07. The minimum Gasteiger partial charge on any atom is -0.496 e. The molecule has 0 spiro atoms. The highest BCUT2D eigenvalue weighted by Gasteiger charge is 2.16. The molecule has 0 bridgehead atoms. The van der Waals surface area contributed by atoms with Gasteiger partial charge >= 0.3 is 0 Å². The second-order valence-electron chi connectivity index (χ2n) is 3.19. The Morgan fingerprint density at radius 1 is 1.60 bits per heavy atom. The summed E-state index contributed by atoms with van der Waals surface area (Å²) in [5, 5.41) is 11.9. The third-order valence-corrected chi connectivity index (χ3v) is 3.17. The number of ether oxygens (including phenoxy) is 1. The Bertz CT molecular complexity index is 450. The number of aliphatic hydroxyl groups excluding tert-OH is 1. The Balaban J connectivity index is 2.28. The van der Waals surface area contributed by atoms with Crippen molar-refractivity contribution >= 4 is 11.3 Å². The van der Waals surface area contributed by atoms with Gasteiger partial charge < -0.3 is 14.4 Å². The summed E-state index contributed by atoms with van der Waals surface area (Å²) in [4.78, 5) is 4.94. The molecule has 2 rings (SSSR count). The molecule has 15 heavy (non-hydrogen) atoms. The normalized spacial score (nSPS) is 12.7. The highest BCUT2D eigenvalue weighted by molar-refractivity contribution is 7.10. The molecule has 2 aromatic heterocycles. The van der Waals surface area contributed by atoms with Crippen molar-refractivity contribution in [2.75, 3.05) is 7.11 Å². The number of nitrogens with zero attached hydrogens (tertiary/aromatic N) is 2. The van der Waals surface area contributed by atoms with Gasteiger partial charge in [0.05, 0.1) is 7.11 Å². The fourth-order valence-corrected chi connectivity index (χ4v) is 2.19. The lowest BCUT2D eigenvalue weighted by atomic mass is 10.3. The van der Waals surface area contributed by atoms with Crippen LogP contribution in [0.25, 0.3) is 0 Å². The predicted molar refractivity (Wildman–Crippen MR) is 58.1 cm³/mol. The molecule has 0 amide bonds. The summed E-state index contributed by atoms with van der Waals surface area (Å²) in [5.74, 6) is 1.41. The first-order valence-corrected chi connectivity index (χ1v) is 5.38. The van der Waals surface area contributed by atoms with Gasteiger partial charge in [0.15, 0.2) is 0 Å². The Morgan fingerprint density at radius 3 is 2.93 bits per heavy atom. The van der Waals surface area contributed by atoms with E-state index in [1.54, 1.807) is 17.9 Å². The van der Waals surface area contributed by atoms with Gasteiger partial charge in [0.25, 0.3) is 0 Å². The standard InChI is InChI=1S/C10H12N2O2S/c1-12-4-3-11-10(12)9(13)8-5-7(14-2)6-15-8/h3-6,9,13H,1-2H3. The van der Waals surface area contributed by atoms with Gasteiger partial charge in [-0.2, -0.15) is 0 Å². The molecule has 0 saturated heterocycles. The lowest BCUT2D eigenvalue weighted by molar-refractivity contribution is 0.209. The molecular weight excluding hydrogens is 212 g/mol. The zero-order valence-corrected chi connectivity index (χ0v) is 9.36. The van der Waals surface area contributed by atoms with Gasteiger partial charge in [-0.25, -0.2) is 4.98 Å². The zero-order valence-electron chi connectivity index (χ0n) is 8.54. The van der Waals surface area contributed by atoms with Crippen molar-refractivity contribution in [1.29, 1.82) is 0 Å². The number of methoxy groups -OCH3 is 1. The molecule has 0 radical (unpaired) electrons. The molecule has 80 valence electrons. The van der Waals surface area contributed by atoms with Gasteiger partial charge in [-0.15, -0.1) is 11.3 Å². The lowest BCUT2D eigenvalue weighted by Crippen LogP contribution is -2.05. The molecule has 1 atom stereocenters. The van der Waals surface area contributed by atoms with Crippen LogP contribution in [-0.2, 0) is 7.05 Å². The van der Waals surface area contributed by atoms with Crippen molar-refractivity contribution in [2.45, 2.75) is 6.10 Å². The van der Waals surface area contributed by atoms with Crippen molar-refractivity contribution in [2.24, 2.45) is 7.05 Å². The van der Waals surface area contributed by atoms with Crippen LogP contribution in [0.1, 0.15) is 16.8 Å². The highest BCUT2D eigenvalue weighted by atomic mass is 32.1. The van der Waals surface area contributed by atoms with Gasteiger partial charge in [0.2, 0.25) is 0 Å². The molecule has 5 heteroatoms. The van der Waals surface area contributed by atoms with Gasteiger partial charge in [0.1, 0.15) is 17.7 Å². The molecule has 1 N–H and O–H groups in total. The van der Waals surface area contributed by atoms with Crippen LogP contribution in [0, 0.1) is 0 Å². The fraction of sp³-hybridized carbons (Fsp3) is 0.300. The first-order chi connectivity index (χ1) is 7.22. The molecule has 0 aromatic carbocycles. The fourth-order valence-electron chi connectivity index (χ4n) is 1.35. The first-order valence-electron chi connectivity index (χ1n) is 4.50. The molecule has 2 heterocycles. The summed E-state index contributed by atoms with van der Waals surface area (Å²) in [6.45, 7) is 0. The van der Waals surface area contributed by atoms with Crippen LogP contribution in [-0.4, -0.2) is 21.8 Å². The average Bonchev–Trinajstić information content (AvgIpc) is 2.84. The Kier molecular flexibility index (Phi) is 2.75. The van der Waals surface area contributed by atoms with E-state index in [1.807, 2.05) is 24.7 Å². The SMILES string of the molecule is COc1csc(C(O)c2nccn2C)c1. The average molecular weight is 224 g/mol. The molecule has 0 aliphatic rings. The maximum absolute atomic E-state index is 10.0. The molecule has 4 nitrogen and oxygen atoms in total. The van der Waals surface area contributed by atoms with Crippen molar-refractivity contribution < 1.29 is 9.84 Å². The summed E-state index contributed by atoms with van der Waals surface area (Å²) in [7, 11) is 3.47. The Morgan fingerprint density at radius 2 is 2.40 bits per heavy atom. The van der Waals surface area contributed by atoms with Crippen LogP contribution in [0.2, 0.25) is 0 Å². The predicted octanol–water partition coefficient (Wildman–Crippen LogP) is 1.57. The number of hydrogen-bond donors (Lipinski definition) is 1. The number of aryl methyl sites for hydroxylation is 1. The smallest absolute Gasteiger partial charge is 0.146 e. The van der Waals surface area contributed by atoms with E-state index in [0.29, 0.717) is 5.82 Å². The number of hydrogen-bond acceptors (Lipinski definition) is 4. The van der Waals surface area contributed by atoms with E-state index in [9.17, 15) is 5.11 Å². The van der Waals surface area contributed by atoms with Crippen molar-refractivity contribution in [3.8, 4) is 5.75 Å². The molecular formula is C10H12N2O2S. The van der Waals surface area contributed by atoms with E-state index in [4.69, 9.17) is 4.74 Å². The molecule has 0 fully saturated rings. The monoisotopic (exact) mass is 224 g/mol. The minimum atomic E-state index is -0.682. The van der Waals surface area contributed by atoms with E-state index in [0.717, 1.165) is 10.6 Å². The topological polar surface area (TPSA) is 47.3 Å². The van der Waals surface area contributed by atoms with Gasteiger partial charge in [-0.05, 0) is 6.07 Å². The summed E-state index contributed by atoms with van der Waals surface area (Å²) in [6, 6.07) is 1.82. The first kappa shape index (κ1) is 10.2. The van der Waals surface area contributed by atoms with E-state index in [-0.39, 0.29) is 0 Å². The molecule has 0 aliphatic carbocycles. The maximum Gasteiger partial charge on any atom is 0.146 e. The number of aliphatic hydroxyl groups is 1. The van der Waals surface area contributed by atoms with E-state index >= 15 is 0 Å². The van der Waals surface area contributed by atoms with Crippen molar-refractivity contribution in [3.05, 3.63) is 34.5 Å². The van der Waals surface area contributed by atoms with Crippen LogP contribution in [0.15, 0.2) is 23.8 Å². The van der Waals surface area contributed by atoms with Crippen LogP contribution < -0.4 is 4.74 Å². The van der Waals surface area contributed by atoms with Gasteiger partial charge in [0, 0.05) is 29.7 Å². The van der Waals surface area contributed by atoms with Crippen LogP contribution >= 0.6 is 11.3 Å². The molecule has 1 unspecified atom stereocenters. The van der Waals surface area contributed by atoms with Gasteiger partial charge in [-0.1, -0.05) is 0 Å². The largest absolute Gasteiger partial charge is 0.496 e. The van der Waals surface area contributed by atoms with Crippen molar-refractivity contribution in [3.63, 3.8) is 0 Å². The second kappa shape index (κ2) is 4.04. The van der Waals surface area contributed by atoms with E-state index in [2.05, 4.69) is 4.98 Å². The van der Waals surface area contributed by atoms with E-state index in [1.165, 1.54) is 11.3 Å². The third kappa shape index (κ3) is 1.88. The second-order valence-corrected chi connectivity index (χ2v) is 4.13. The summed E-state index contributed by atoms with van der Waals surface area (Å²) < 4.78 is 6.87. The summed E-state index contributed by atoms with van der Waals surface area (Å²) in [5.41, 5.74) is 0. The van der Waals surface area contributed by atoms with Crippen LogP contribution in [0.4, 0.5) is 0 Å². The Hall–Kier alpha value is -1.33. The molecule has 0 aliphatic heterocycles. The van der Waals surface area contributed by atoms with Crippen LogP contribution in [0.3, 0.4) is 0 Å². The minimum absolute atomic E-state index is 0.638. The number of rotatable bonds is 3. The summed E-state index contributed by atoms with van der Waals surface area (Å²) in [6.07, 6.45) is 2.80. The Labute approximate surface area is 91.8 Å². The number of imidazole rings is 1. The van der Waals surface area contributed by atoms with Crippen LogP contribution in [0.5, 0.6) is 5.75 Å². The zero-order chi connectivity index (χ0) is 10.8. The number of thiophene rings is 1. The van der Waals surface area contributed by atoms with Gasteiger partial charge in [-0.3, -0.25) is 0 Å². The van der Waals surface area contributed by atoms with E-state index < -0.39 is 6.10 Å². The highest BCUT2D eigenvalue weighted by Crippen LogP contribution is 2.29. The third-order valence-electron chi connectivity index (χ3n) is 2.20. The quantitative estimate of drug-likeness (QED) is 0.861. The molecule has 0 saturated carbocycles. The summed E-state index contributed by atoms with van der Waals surface area (Å²) >= 11 is 1.46. The van der Waals surface area contributed by atoms with Crippen molar-refractivity contribution in [1.82, 2.24) is 9.55 Å². The maximum atomic E-state index is 10.0. The number of aromatic nitrogens is 2. The molecule has 2 aromatic rings.